The SMILES string of the molecule is CCCNCc1c(C)nc(C(C)(C)OC)nc1C. The van der Waals surface area contributed by atoms with E-state index in [1.165, 1.54) is 5.56 Å². The third-order valence-electron chi connectivity index (χ3n) is 3.20. The molecule has 0 radical (unpaired) electrons. The topological polar surface area (TPSA) is 47.0 Å². The Balaban J connectivity index is 2.97. The number of methoxy groups -OCH3 is 1. The summed E-state index contributed by atoms with van der Waals surface area (Å²) in [7, 11) is 1.69. The first-order valence-corrected chi connectivity index (χ1v) is 6.52. The molecule has 0 unspecified atom stereocenters. The summed E-state index contributed by atoms with van der Waals surface area (Å²) < 4.78 is 5.43. The molecule has 1 N–H and O–H groups in total. The predicted octanol–water partition coefficient (Wildman–Crippen LogP) is 2.47. The van der Waals surface area contributed by atoms with Crippen LogP contribution in [0.3, 0.4) is 0 Å². The fourth-order valence-corrected chi connectivity index (χ4v) is 1.75. The van der Waals surface area contributed by atoms with Crippen molar-refractivity contribution in [2.45, 2.75) is 53.2 Å². The number of aromatic nitrogens is 2. The Kier molecular flexibility index (Phi) is 5.23. The summed E-state index contributed by atoms with van der Waals surface area (Å²) in [6.45, 7) is 12.0. The number of nitrogens with zero attached hydrogens (tertiary/aromatic N) is 2. The van der Waals surface area contributed by atoms with Crippen molar-refractivity contribution in [3.63, 3.8) is 0 Å². The van der Waals surface area contributed by atoms with E-state index in [4.69, 9.17) is 4.74 Å². The Hall–Kier alpha value is -1.00. The molecule has 0 saturated carbocycles. The zero-order chi connectivity index (χ0) is 13.8. The fraction of sp³-hybridized carbons (Fsp3) is 0.714. The molecule has 0 amide bonds. The molecular weight excluding hydrogens is 226 g/mol. The quantitative estimate of drug-likeness (QED) is 0.789. The molecule has 1 heterocycles. The predicted molar refractivity (Wildman–Crippen MR) is 73.5 cm³/mol. The standard InChI is InChI=1S/C14H25N3O/c1-7-8-15-9-12-10(2)16-13(17-11(12)3)14(4,5)18-6/h15H,7-9H2,1-6H3. The van der Waals surface area contributed by atoms with Gasteiger partial charge in [0.2, 0.25) is 0 Å². The van der Waals surface area contributed by atoms with Gasteiger partial charge in [0, 0.05) is 30.6 Å². The second kappa shape index (κ2) is 6.25. The van der Waals surface area contributed by atoms with Gasteiger partial charge in [0.05, 0.1) is 0 Å². The number of hydrogen-bond donors (Lipinski definition) is 1. The molecule has 0 saturated heterocycles. The summed E-state index contributed by atoms with van der Waals surface area (Å²) in [6, 6.07) is 0. The normalized spacial score (nSPS) is 11.9. The van der Waals surface area contributed by atoms with Gasteiger partial charge in [-0.1, -0.05) is 6.92 Å². The maximum Gasteiger partial charge on any atom is 0.160 e. The van der Waals surface area contributed by atoms with Gasteiger partial charge in [-0.3, -0.25) is 0 Å². The second-order valence-electron chi connectivity index (χ2n) is 5.09. The van der Waals surface area contributed by atoms with E-state index in [0.29, 0.717) is 0 Å². The Morgan fingerprint density at radius 2 is 1.72 bits per heavy atom. The second-order valence-corrected chi connectivity index (χ2v) is 5.09. The van der Waals surface area contributed by atoms with Crippen molar-refractivity contribution in [3.8, 4) is 0 Å². The van der Waals surface area contributed by atoms with Gasteiger partial charge in [-0.2, -0.15) is 0 Å². The number of hydrogen-bond acceptors (Lipinski definition) is 4. The van der Waals surface area contributed by atoms with E-state index < -0.39 is 5.60 Å². The first kappa shape index (κ1) is 15.1. The van der Waals surface area contributed by atoms with Crippen molar-refractivity contribution >= 4 is 0 Å². The van der Waals surface area contributed by atoms with Crippen LogP contribution in [0.25, 0.3) is 0 Å². The van der Waals surface area contributed by atoms with Crippen LogP contribution in [0.4, 0.5) is 0 Å². The summed E-state index contributed by atoms with van der Waals surface area (Å²) >= 11 is 0. The lowest BCUT2D eigenvalue weighted by atomic mass is 10.1. The molecule has 0 aliphatic rings. The van der Waals surface area contributed by atoms with Crippen LogP contribution in [-0.4, -0.2) is 23.6 Å². The largest absolute Gasteiger partial charge is 0.371 e. The van der Waals surface area contributed by atoms with Crippen molar-refractivity contribution in [1.82, 2.24) is 15.3 Å². The van der Waals surface area contributed by atoms with Gasteiger partial charge in [0.1, 0.15) is 5.60 Å². The van der Waals surface area contributed by atoms with E-state index in [1.54, 1.807) is 7.11 Å². The van der Waals surface area contributed by atoms with E-state index in [-0.39, 0.29) is 0 Å². The minimum Gasteiger partial charge on any atom is -0.371 e. The Labute approximate surface area is 110 Å². The maximum absolute atomic E-state index is 5.43. The van der Waals surface area contributed by atoms with Crippen molar-refractivity contribution in [2.24, 2.45) is 0 Å². The van der Waals surface area contributed by atoms with E-state index in [9.17, 15) is 0 Å². The van der Waals surface area contributed by atoms with Crippen molar-refractivity contribution in [2.75, 3.05) is 13.7 Å². The molecule has 0 fully saturated rings. The smallest absolute Gasteiger partial charge is 0.160 e. The molecule has 0 aliphatic heterocycles. The molecule has 18 heavy (non-hydrogen) atoms. The molecule has 0 aliphatic carbocycles. The number of aryl methyl sites for hydroxylation is 2. The Bertz CT molecular complexity index is 379. The first-order chi connectivity index (χ1) is 8.42. The minimum atomic E-state index is -0.440. The Morgan fingerprint density at radius 1 is 1.17 bits per heavy atom. The van der Waals surface area contributed by atoms with Crippen LogP contribution < -0.4 is 5.32 Å². The average Bonchev–Trinajstić information content (AvgIpc) is 2.32. The molecule has 1 aromatic heterocycles. The third-order valence-corrected chi connectivity index (χ3v) is 3.20. The van der Waals surface area contributed by atoms with Crippen LogP contribution in [0.1, 0.15) is 50.0 Å². The minimum absolute atomic E-state index is 0.440. The number of ether oxygens (including phenoxy) is 1. The highest BCUT2D eigenvalue weighted by Crippen LogP contribution is 2.22. The first-order valence-electron chi connectivity index (χ1n) is 6.52. The summed E-state index contributed by atoms with van der Waals surface area (Å²) in [4.78, 5) is 9.16. The van der Waals surface area contributed by atoms with Crippen LogP contribution >= 0.6 is 0 Å². The molecule has 0 atom stereocenters. The summed E-state index contributed by atoms with van der Waals surface area (Å²) in [5, 5.41) is 3.39. The van der Waals surface area contributed by atoms with Gasteiger partial charge in [-0.25, -0.2) is 9.97 Å². The lowest BCUT2D eigenvalue weighted by Gasteiger charge is -2.23. The van der Waals surface area contributed by atoms with E-state index in [2.05, 4.69) is 22.2 Å². The summed E-state index contributed by atoms with van der Waals surface area (Å²) in [5.41, 5.74) is 2.82. The van der Waals surface area contributed by atoms with Gasteiger partial charge in [0.15, 0.2) is 5.82 Å². The van der Waals surface area contributed by atoms with Crippen molar-refractivity contribution < 1.29 is 4.74 Å². The van der Waals surface area contributed by atoms with Crippen molar-refractivity contribution in [3.05, 3.63) is 22.8 Å². The summed E-state index contributed by atoms with van der Waals surface area (Å²) in [6.07, 6.45) is 1.13. The molecule has 1 aromatic rings. The van der Waals surface area contributed by atoms with Crippen LogP contribution in [-0.2, 0) is 16.9 Å². The number of nitrogens with one attached hydrogen (secondary N) is 1. The van der Waals surface area contributed by atoms with Crippen LogP contribution in [0.5, 0.6) is 0 Å². The van der Waals surface area contributed by atoms with E-state index in [0.717, 1.165) is 36.7 Å². The lowest BCUT2D eigenvalue weighted by Crippen LogP contribution is -2.25. The van der Waals surface area contributed by atoms with Gasteiger partial charge in [0.25, 0.3) is 0 Å². The molecule has 102 valence electrons. The van der Waals surface area contributed by atoms with E-state index in [1.807, 2.05) is 27.7 Å². The van der Waals surface area contributed by atoms with Gasteiger partial charge >= 0.3 is 0 Å². The molecule has 1 rings (SSSR count). The lowest BCUT2D eigenvalue weighted by molar-refractivity contribution is 0.0111. The van der Waals surface area contributed by atoms with Crippen LogP contribution in [0.15, 0.2) is 0 Å². The maximum atomic E-state index is 5.43. The van der Waals surface area contributed by atoms with Gasteiger partial charge < -0.3 is 10.1 Å². The Morgan fingerprint density at radius 3 is 2.17 bits per heavy atom. The van der Waals surface area contributed by atoms with Crippen LogP contribution in [0.2, 0.25) is 0 Å². The van der Waals surface area contributed by atoms with Gasteiger partial charge in [-0.05, 0) is 40.7 Å². The zero-order valence-electron chi connectivity index (χ0n) is 12.4. The highest BCUT2D eigenvalue weighted by atomic mass is 16.5. The molecule has 0 bridgehead atoms. The van der Waals surface area contributed by atoms with Crippen LogP contribution in [0, 0.1) is 13.8 Å². The average molecular weight is 251 g/mol. The summed E-state index contributed by atoms with van der Waals surface area (Å²) in [5.74, 6) is 0.749. The monoisotopic (exact) mass is 251 g/mol. The molecule has 4 nitrogen and oxygen atoms in total. The van der Waals surface area contributed by atoms with E-state index >= 15 is 0 Å². The highest BCUT2D eigenvalue weighted by molar-refractivity contribution is 5.25. The molecule has 0 aromatic carbocycles. The van der Waals surface area contributed by atoms with Crippen molar-refractivity contribution in [1.29, 1.82) is 0 Å². The van der Waals surface area contributed by atoms with Gasteiger partial charge in [-0.15, -0.1) is 0 Å². The highest BCUT2D eigenvalue weighted by Gasteiger charge is 2.24. The zero-order valence-corrected chi connectivity index (χ0v) is 12.4. The molecular formula is C14H25N3O. The molecule has 0 spiro atoms. The third kappa shape index (κ3) is 3.50. The molecule has 4 heteroatoms. The fourth-order valence-electron chi connectivity index (χ4n) is 1.75. The number of rotatable bonds is 6.